The monoisotopic (exact) mass is 459 g/mol. The zero-order chi connectivity index (χ0) is 23.5. The topological polar surface area (TPSA) is 123 Å². The predicted molar refractivity (Wildman–Crippen MR) is 118 cm³/mol. The van der Waals surface area contributed by atoms with E-state index in [-0.39, 0.29) is 34.7 Å². The summed E-state index contributed by atoms with van der Waals surface area (Å²) in [6, 6.07) is 10.6. The number of amidine groups is 1. The number of rotatable bonds is 7. The van der Waals surface area contributed by atoms with Crippen LogP contribution in [0.3, 0.4) is 0 Å². The fourth-order valence-corrected chi connectivity index (χ4v) is 4.55. The lowest BCUT2D eigenvalue weighted by atomic mass is 10.0. The molecule has 2 N–H and O–H groups in total. The zero-order valence-electron chi connectivity index (χ0n) is 18.2. The molecule has 1 aliphatic heterocycles. The highest BCUT2D eigenvalue weighted by atomic mass is 32.2. The van der Waals surface area contributed by atoms with Gasteiger partial charge < -0.3 is 14.8 Å². The molecular formula is C22H25N3O6S. The highest BCUT2D eigenvalue weighted by molar-refractivity contribution is 7.90. The molecule has 10 heteroatoms. The molecular weight excluding hydrogens is 434 g/mol. The average molecular weight is 460 g/mol. The number of aliphatic imine (C=N–C) groups is 1. The lowest BCUT2D eigenvalue weighted by molar-refractivity contribution is -0.123. The van der Waals surface area contributed by atoms with Gasteiger partial charge in [0.05, 0.1) is 19.1 Å². The third-order valence-corrected chi connectivity index (χ3v) is 6.36. The minimum Gasteiger partial charge on any atom is -0.496 e. The maximum atomic E-state index is 12.9. The van der Waals surface area contributed by atoms with E-state index < -0.39 is 22.0 Å². The van der Waals surface area contributed by atoms with Crippen LogP contribution in [0.2, 0.25) is 0 Å². The second-order valence-electron chi connectivity index (χ2n) is 7.51. The van der Waals surface area contributed by atoms with E-state index in [0.717, 1.165) is 0 Å². The van der Waals surface area contributed by atoms with Gasteiger partial charge in [-0.25, -0.2) is 13.2 Å². The molecule has 1 amide bonds. The molecule has 1 heterocycles. The SMILES string of the molecule is COC(=O)c1cc(CNC(=O)[C@@H](N=C2NS(=O)(=O)c3ccccc32)C(C)C)ccc1OC. The molecule has 0 radical (unpaired) electrons. The summed E-state index contributed by atoms with van der Waals surface area (Å²) in [5, 5.41) is 2.80. The van der Waals surface area contributed by atoms with Gasteiger partial charge >= 0.3 is 5.97 Å². The summed E-state index contributed by atoms with van der Waals surface area (Å²) in [5.74, 6) is -0.598. The van der Waals surface area contributed by atoms with Crippen LogP contribution in [0.15, 0.2) is 52.4 Å². The number of hydrogen-bond donors (Lipinski definition) is 2. The number of esters is 1. The number of fused-ring (bicyclic) bond motifs is 1. The van der Waals surface area contributed by atoms with E-state index in [9.17, 15) is 18.0 Å². The largest absolute Gasteiger partial charge is 0.496 e. The molecule has 2 aromatic carbocycles. The van der Waals surface area contributed by atoms with Gasteiger partial charge in [0.15, 0.2) is 0 Å². The molecule has 3 rings (SSSR count). The minimum atomic E-state index is -3.70. The van der Waals surface area contributed by atoms with Gasteiger partial charge in [0, 0.05) is 12.1 Å². The summed E-state index contributed by atoms with van der Waals surface area (Å²) < 4.78 is 37.0. The van der Waals surface area contributed by atoms with E-state index in [0.29, 0.717) is 16.9 Å². The van der Waals surface area contributed by atoms with Crippen molar-refractivity contribution in [3.05, 3.63) is 59.2 Å². The van der Waals surface area contributed by atoms with E-state index in [1.54, 1.807) is 36.4 Å². The smallest absolute Gasteiger partial charge is 0.341 e. The highest BCUT2D eigenvalue weighted by Crippen LogP contribution is 2.24. The Morgan fingerprint density at radius 1 is 1.12 bits per heavy atom. The zero-order valence-corrected chi connectivity index (χ0v) is 19.0. The minimum absolute atomic E-state index is 0.134. The van der Waals surface area contributed by atoms with Crippen molar-refractivity contribution < 1.29 is 27.5 Å². The second-order valence-corrected chi connectivity index (χ2v) is 9.16. The van der Waals surface area contributed by atoms with Gasteiger partial charge in [-0.3, -0.25) is 14.5 Å². The Labute approximate surface area is 186 Å². The first-order valence-corrected chi connectivity index (χ1v) is 11.4. The van der Waals surface area contributed by atoms with Gasteiger partial charge in [0.1, 0.15) is 23.2 Å². The summed E-state index contributed by atoms with van der Waals surface area (Å²) in [6.45, 7) is 3.79. The summed E-state index contributed by atoms with van der Waals surface area (Å²) in [7, 11) is -0.972. The molecule has 1 atom stereocenters. The van der Waals surface area contributed by atoms with E-state index in [2.05, 4.69) is 15.0 Å². The Kier molecular flexibility index (Phi) is 6.83. The Balaban J connectivity index is 1.81. The van der Waals surface area contributed by atoms with Gasteiger partial charge in [0.25, 0.3) is 10.0 Å². The van der Waals surface area contributed by atoms with E-state index >= 15 is 0 Å². The van der Waals surface area contributed by atoms with Gasteiger partial charge in [-0.2, -0.15) is 0 Å². The van der Waals surface area contributed by atoms with E-state index in [1.807, 2.05) is 13.8 Å². The molecule has 0 fully saturated rings. The number of ether oxygens (including phenoxy) is 2. The Bertz CT molecular complexity index is 1170. The number of sulfonamides is 1. The van der Waals surface area contributed by atoms with Gasteiger partial charge in [-0.1, -0.05) is 32.0 Å². The molecule has 0 spiro atoms. The fraction of sp³-hybridized carbons (Fsp3) is 0.318. The standard InChI is InChI=1S/C22H25N3O6S/c1-13(2)19(24-20-15-7-5-6-8-18(15)32(28,29)25-20)21(26)23-12-14-9-10-17(30-3)16(11-14)22(27)31-4/h5-11,13,19H,12H2,1-4H3,(H,23,26)(H,24,25)/t19-/m0/s1. The van der Waals surface area contributed by atoms with Crippen molar-refractivity contribution in [1.82, 2.24) is 10.0 Å². The summed E-state index contributed by atoms with van der Waals surface area (Å²) >= 11 is 0. The number of nitrogens with one attached hydrogen (secondary N) is 2. The number of nitrogens with zero attached hydrogens (tertiary/aromatic N) is 1. The molecule has 0 saturated carbocycles. The Morgan fingerprint density at radius 2 is 1.84 bits per heavy atom. The van der Waals surface area contributed by atoms with Crippen LogP contribution < -0.4 is 14.8 Å². The molecule has 170 valence electrons. The van der Waals surface area contributed by atoms with Gasteiger partial charge in [0.2, 0.25) is 5.91 Å². The number of hydrogen-bond acceptors (Lipinski definition) is 7. The number of benzene rings is 2. The normalized spacial score (nSPS) is 16.2. The van der Waals surface area contributed by atoms with E-state index in [1.165, 1.54) is 20.3 Å². The lowest BCUT2D eigenvalue weighted by Gasteiger charge is -2.18. The maximum Gasteiger partial charge on any atom is 0.341 e. The summed E-state index contributed by atoms with van der Waals surface area (Å²) in [5.41, 5.74) is 1.35. The molecule has 0 aromatic heterocycles. The molecule has 2 aromatic rings. The van der Waals surface area contributed by atoms with Crippen molar-refractivity contribution in [2.24, 2.45) is 10.9 Å². The van der Waals surface area contributed by atoms with Crippen molar-refractivity contribution in [3.8, 4) is 5.75 Å². The van der Waals surface area contributed by atoms with Crippen LogP contribution in [0.4, 0.5) is 0 Å². The summed E-state index contributed by atoms with van der Waals surface area (Å²) in [6.07, 6.45) is 0. The van der Waals surface area contributed by atoms with Crippen molar-refractivity contribution in [3.63, 3.8) is 0 Å². The first-order valence-electron chi connectivity index (χ1n) is 9.91. The van der Waals surface area contributed by atoms with Crippen LogP contribution in [-0.4, -0.2) is 46.4 Å². The fourth-order valence-electron chi connectivity index (χ4n) is 3.31. The first kappa shape index (κ1) is 23.3. The van der Waals surface area contributed by atoms with Crippen LogP contribution in [-0.2, 0) is 26.1 Å². The van der Waals surface area contributed by atoms with E-state index in [4.69, 9.17) is 9.47 Å². The van der Waals surface area contributed by atoms with Crippen molar-refractivity contribution >= 4 is 27.7 Å². The van der Waals surface area contributed by atoms with Crippen LogP contribution in [0, 0.1) is 5.92 Å². The van der Waals surface area contributed by atoms with Crippen molar-refractivity contribution in [2.75, 3.05) is 14.2 Å². The molecule has 0 saturated heterocycles. The quantitative estimate of drug-likeness (QED) is 0.610. The van der Waals surface area contributed by atoms with Crippen LogP contribution in [0.1, 0.15) is 35.3 Å². The second kappa shape index (κ2) is 9.39. The van der Waals surface area contributed by atoms with Crippen LogP contribution >= 0.6 is 0 Å². The molecule has 0 aliphatic carbocycles. The first-order chi connectivity index (χ1) is 15.2. The van der Waals surface area contributed by atoms with Gasteiger partial charge in [-0.15, -0.1) is 0 Å². The molecule has 0 bridgehead atoms. The Morgan fingerprint density at radius 3 is 2.50 bits per heavy atom. The highest BCUT2D eigenvalue weighted by Gasteiger charge is 2.32. The van der Waals surface area contributed by atoms with Gasteiger partial charge in [-0.05, 0) is 35.7 Å². The molecule has 32 heavy (non-hydrogen) atoms. The number of methoxy groups -OCH3 is 2. The molecule has 1 aliphatic rings. The molecule has 0 unspecified atom stereocenters. The number of amides is 1. The molecule has 9 nitrogen and oxygen atoms in total. The average Bonchev–Trinajstić information content (AvgIpc) is 3.04. The summed E-state index contributed by atoms with van der Waals surface area (Å²) in [4.78, 5) is 29.4. The van der Waals surface area contributed by atoms with Crippen molar-refractivity contribution in [2.45, 2.75) is 31.3 Å². The predicted octanol–water partition coefficient (Wildman–Crippen LogP) is 1.86. The van der Waals surface area contributed by atoms with Crippen LogP contribution in [0.5, 0.6) is 5.75 Å². The third kappa shape index (κ3) is 4.75. The lowest BCUT2D eigenvalue weighted by Crippen LogP contribution is -2.38. The third-order valence-electron chi connectivity index (χ3n) is 4.97. The number of carbonyl (C=O) groups excluding carboxylic acids is 2. The maximum absolute atomic E-state index is 12.9. The van der Waals surface area contributed by atoms with Crippen LogP contribution in [0.25, 0.3) is 0 Å². The van der Waals surface area contributed by atoms with Crippen molar-refractivity contribution in [1.29, 1.82) is 0 Å². The Hall–Kier alpha value is -3.40. The number of carbonyl (C=O) groups is 2.